The molecule has 1 aromatic carbocycles. The third kappa shape index (κ3) is 3.11. The number of hydrogen-bond acceptors (Lipinski definition) is 3. The minimum absolute atomic E-state index is 0.180. The normalized spacial score (nSPS) is 18.1. The molecule has 106 valence electrons. The van der Waals surface area contributed by atoms with E-state index in [2.05, 4.69) is 38.3 Å². The Hall–Kier alpha value is -0.750. The summed E-state index contributed by atoms with van der Waals surface area (Å²) in [4.78, 5) is 3.76. The molecular weight excluding hydrogens is 339 g/mol. The van der Waals surface area contributed by atoms with Crippen molar-refractivity contribution in [2.45, 2.75) is 6.04 Å². The number of halogens is 2. The van der Waals surface area contributed by atoms with Crippen molar-refractivity contribution < 1.29 is 4.39 Å². The summed E-state index contributed by atoms with van der Waals surface area (Å²) in [7, 11) is 0. The predicted molar refractivity (Wildman–Crippen MR) is 84.7 cm³/mol. The number of piperazine rings is 1. The molecule has 5 heteroatoms. The van der Waals surface area contributed by atoms with E-state index in [9.17, 15) is 4.39 Å². The third-order valence-corrected chi connectivity index (χ3v) is 5.24. The van der Waals surface area contributed by atoms with Crippen LogP contribution in [0.1, 0.15) is 16.5 Å². The Balaban J connectivity index is 1.95. The van der Waals surface area contributed by atoms with Crippen molar-refractivity contribution in [2.24, 2.45) is 0 Å². The Kier molecular flexibility index (Phi) is 4.51. The van der Waals surface area contributed by atoms with E-state index in [4.69, 9.17) is 0 Å². The lowest BCUT2D eigenvalue weighted by molar-refractivity contribution is 0.200. The van der Waals surface area contributed by atoms with Gasteiger partial charge in [0.25, 0.3) is 0 Å². The molecule has 0 aliphatic carbocycles. The summed E-state index contributed by atoms with van der Waals surface area (Å²) in [6, 6.07) is 11.4. The molecule has 1 aromatic heterocycles. The lowest BCUT2D eigenvalue weighted by atomic mass is 10.0. The van der Waals surface area contributed by atoms with Crippen LogP contribution in [0.4, 0.5) is 4.39 Å². The minimum Gasteiger partial charge on any atom is -0.314 e. The van der Waals surface area contributed by atoms with E-state index in [1.165, 1.54) is 4.88 Å². The van der Waals surface area contributed by atoms with Gasteiger partial charge in [-0.3, -0.25) is 4.90 Å². The highest BCUT2D eigenvalue weighted by atomic mass is 79.9. The van der Waals surface area contributed by atoms with Crippen LogP contribution in [-0.2, 0) is 0 Å². The van der Waals surface area contributed by atoms with E-state index in [0.717, 1.165) is 35.5 Å². The zero-order chi connectivity index (χ0) is 13.9. The summed E-state index contributed by atoms with van der Waals surface area (Å²) in [6.45, 7) is 4.03. The number of benzene rings is 1. The largest absolute Gasteiger partial charge is 0.314 e. The number of rotatable bonds is 3. The summed E-state index contributed by atoms with van der Waals surface area (Å²) in [6.07, 6.45) is 0. The summed E-state index contributed by atoms with van der Waals surface area (Å²) in [5.41, 5.74) is 1.16. The van der Waals surface area contributed by atoms with Crippen LogP contribution in [0.15, 0.2) is 40.2 Å². The molecule has 0 radical (unpaired) electrons. The summed E-state index contributed by atoms with van der Waals surface area (Å²) < 4.78 is 14.3. The second-order valence-corrected chi connectivity index (χ2v) is 7.38. The van der Waals surface area contributed by atoms with Crippen LogP contribution in [0.3, 0.4) is 0 Å². The van der Waals surface area contributed by atoms with Crippen LogP contribution < -0.4 is 5.32 Å². The highest BCUT2D eigenvalue weighted by Gasteiger charge is 2.25. The van der Waals surface area contributed by atoms with E-state index in [0.29, 0.717) is 0 Å². The molecule has 0 spiro atoms. The predicted octanol–water partition coefficient (Wildman–Crippen LogP) is 3.64. The molecule has 2 heterocycles. The van der Waals surface area contributed by atoms with Gasteiger partial charge in [0.2, 0.25) is 0 Å². The topological polar surface area (TPSA) is 15.3 Å². The quantitative estimate of drug-likeness (QED) is 0.904. The molecule has 1 aliphatic heterocycles. The van der Waals surface area contributed by atoms with Crippen molar-refractivity contribution in [1.29, 1.82) is 0 Å². The second-order valence-electron chi connectivity index (χ2n) is 4.88. The summed E-state index contributed by atoms with van der Waals surface area (Å²) >= 11 is 5.29. The van der Waals surface area contributed by atoms with Crippen molar-refractivity contribution in [3.05, 3.63) is 56.4 Å². The molecule has 1 unspecified atom stereocenters. The van der Waals surface area contributed by atoms with Crippen LogP contribution in [0, 0.1) is 5.82 Å². The van der Waals surface area contributed by atoms with Gasteiger partial charge < -0.3 is 5.32 Å². The first-order chi connectivity index (χ1) is 9.74. The van der Waals surface area contributed by atoms with E-state index in [1.807, 2.05) is 12.1 Å². The van der Waals surface area contributed by atoms with Gasteiger partial charge in [0, 0.05) is 31.1 Å². The van der Waals surface area contributed by atoms with Crippen LogP contribution in [0.2, 0.25) is 0 Å². The summed E-state index contributed by atoms with van der Waals surface area (Å²) in [5, 5.41) is 3.38. The molecule has 0 bridgehead atoms. The Morgan fingerprint density at radius 3 is 2.40 bits per heavy atom. The monoisotopic (exact) mass is 354 g/mol. The fourth-order valence-corrected chi connectivity index (χ4v) is 4.20. The smallest absolute Gasteiger partial charge is 0.123 e. The van der Waals surface area contributed by atoms with Gasteiger partial charge in [-0.2, -0.15) is 0 Å². The van der Waals surface area contributed by atoms with Crippen molar-refractivity contribution in [3.8, 4) is 0 Å². The molecule has 2 aromatic rings. The Morgan fingerprint density at radius 1 is 1.10 bits per heavy atom. The molecule has 3 rings (SSSR count). The molecule has 0 amide bonds. The van der Waals surface area contributed by atoms with Crippen molar-refractivity contribution in [1.82, 2.24) is 10.2 Å². The van der Waals surface area contributed by atoms with Gasteiger partial charge in [-0.05, 0) is 45.8 Å². The van der Waals surface area contributed by atoms with Gasteiger partial charge >= 0.3 is 0 Å². The zero-order valence-electron chi connectivity index (χ0n) is 11.0. The van der Waals surface area contributed by atoms with Crippen molar-refractivity contribution in [2.75, 3.05) is 26.2 Å². The Bertz CT molecular complexity index is 564. The lowest BCUT2D eigenvalue weighted by Crippen LogP contribution is -2.45. The van der Waals surface area contributed by atoms with Gasteiger partial charge in [-0.15, -0.1) is 11.3 Å². The fraction of sp³-hybridized carbons (Fsp3) is 0.333. The average molecular weight is 355 g/mol. The first kappa shape index (κ1) is 14.2. The Labute approximate surface area is 130 Å². The molecule has 20 heavy (non-hydrogen) atoms. The van der Waals surface area contributed by atoms with Gasteiger partial charge in [0.15, 0.2) is 0 Å². The van der Waals surface area contributed by atoms with E-state index in [1.54, 1.807) is 23.5 Å². The molecule has 1 saturated heterocycles. The van der Waals surface area contributed by atoms with Crippen molar-refractivity contribution in [3.63, 3.8) is 0 Å². The van der Waals surface area contributed by atoms with Crippen LogP contribution >= 0.6 is 27.3 Å². The highest BCUT2D eigenvalue weighted by Crippen LogP contribution is 2.35. The molecule has 1 aliphatic rings. The molecule has 1 N–H and O–H groups in total. The minimum atomic E-state index is -0.180. The first-order valence-electron chi connectivity index (χ1n) is 6.69. The van der Waals surface area contributed by atoms with Crippen molar-refractivity contribution >= 4 is 27.3 Å². The standard InChI is InChI=1S/C15H16BrFN2S/c16-14-6-5-13(20-14)15(19-9-7-18-8-10-19)11-1-3-12(17)4-2-11/h1-6,15,18H,7-10H2. The lowest BCUT2D eigenvalue weighted by Gasteiger charge is -2.34. The molecule has 1 atom stereocenters. The third-order valence-electron chi connectivity index (χ3n) is 3.57. The molecule has 0 saturated carbocycles. The van der Waals surface area contributed by atoms with Crippen LogP contribution in [-0.4, -0.2) is 31.1 Å². The van der Waals surface area contributed by atoms with E-state index >= 15 is 0 Å². The molecule has 2 nitrogen and oxygen atoms in total. The van der Waals surface area contributed by atoms with E-state index < -0.39 is 0 Å². The second kappa shape index (κ2) is 6.35. The fourth-order valence-electron chi connectivity index (χ4n) is 2.62. The average Bonchev–Trinajstić information content (AvgIpc) is 2.89. The molecule has 1 fully saturated rings. The maximum atomic E-state index is 13.2. The van der Waals surface area contributed by atoms with Gasteiger partial charge in [0.05, 0.1) is 9.83 Å². The maximum Gasteiger partial charge on any atom is 0.123 e. The van der Waals surface area contributed by atoms with E-state index in [-0.39, 0.29) is 11.9 Å². The van der Waals surface area contributed by atoms with Crippen LogP contribution in [0.25, 0.3) is 0 Å². The van der Waals surface area contributed by atoms with Crippen LogP contribution in [0.5, 0.6) is 0 Å². The summed E-state index contributed by atoms with van der Waals surface area (Å²) in [5.74, 6) is -0.180. The van der Waals surface area contributed by atoms with Gasteiger partial charge in [0.1, 0.15) is 5.82 Å². The number of nitrogens with zero attached hydrogens (tertiary/aromatic N) is 1. The highest BCUT2D eigenvalue weighted by molar-refractivity contribution is 9.11. The number of hydrogen-bond donors (Lipinski definition) is 1. The first-order valence-corrected chi connectivity index (χ1v) is 8.30. The zero-order valence-corrected chi connectivity index (χ0v) is 13.4. The maximum absolute atomic E-state index is 13.2. The van der Waals surface area contributed by atoms with Gasteiger partial charge in [-0.1, -0.05) is 12.1 Å². The Morgan fingerprint density at radius 2 is 1.80 bits per heavy atom. The number of nitrogens with one attached hydrogen (secondary N) is 1. The number of thiophene rings is 1. The SMILES string of the molecule is Fc1ccc(C(c2ccc(Br)s2)N2CCNCC2)cc1. The molecular formula is C15H16BrFN2S. The van der Waals surface area contributed by atoms with Gasteiger partial charge in [-0.25, -0.2) is 4.39 Å².